The normalized spacial score (nSPS) is 11.6. The van der Waals surface area contributed by atoms with Crippen LogP contribution >= 0.6 is 24.0 Å². The number of nitrogens with zero attached hydrogens (tertiary/aromatic N) is 1. The van der Waals surface area contributed by atoms with Crippen LogP contribution in [0, 0.1) is 0 Å². The van der Waals surface area contributed by atoms with Crippen molar-refractivity contribution in [1.29, 1.82) is 0 Å². The zero-order valence-corrected chi connectivity index (χ0v) is 12.0. The highest BCUT2D eigenvalue weighted by atomic mass is 35.5. The minimum atomic E-state index is -0.614. The lowest BCUT2D eigenvalue weighted by molar-refractivity contribution is -0.132. The highest BCUT2D eigenvalue weighted by molar-refractivity contribution is 6.30. The third-order valence-corrected chi connectivity index (χ3v) is 2.62. The van der Waals surface area contributed by atoms with Gasteiger partial charge in [-0.1, -0.05) is 23.7 Å². The molecule has 102 valence electrons. The molecule has 0 spiro atoms. The maximum absolute atomic E-state index is 11.8. The van der Waals surface area contributed by atoms with E-state index in [0.717, 1.165) is 5.56 Å². The molecule has 1 aromatic carbocycles. The number of hydrogen-bond donors (Lipinski definition) is 1. The van der Waals surface area contributed by atoms with Crippen molar-refractivity contribution < 1.29 is 9.53 Å². The molecular formula is C12H18Cl2N2O2. The van der Waals surface area contributed by atoms with Crippen LogP contribution in [0.3, 0.4) is 0 Å². The van der Waals surface area contributed by atoms with Gasteiger partial charge in [0.1, 0.15) is 6.04 Å². The highest BCUT2D eigenvalue weighted by Crippen LogP contribution is 2.11. The van der Waals surface area contributed by atoms with Gasteiger partial charge >= 0.3 is 0 Å². The number of ether oxygens (including phenoxy) is 1. The summed E-state index contributed by atoms with van der Waals surface area (Å²) < 4.78 is 4.85. The lowest BCUT2D eigenvalue weighted by Gasteiger charge is -2.21. The molecule has 6 heteroatoms. The number of methoxy groups -OCH3 is 1. The van der Waals surface area contributed by atoms with Gasteiger partial charge in [-0.3, -0.25) is 4.79 Å². The first kappa shape index (κ1) is 17.2. The molecule has 1 unspecified atom stereocenters. The van der Waals surface area contributed by atoms with Crippen LogP contribution in [-0.2, 0) is 16.1 Å². The molecule has 0 saturated heterocycles. The molecule has 0 aromatic heterocycles. The van der Waals surface area contributed by atoms with E-state index < -0.39 is 6.04 Å². The molecule has 1 atom stereocenters. The van der Waals surface area contributed by atoms with Gasteiger partial charge in [0.15, 0.2) is 0 Å². The van der Waals surface area contributed by atoms with E-state index in [1.807, 2.05) is 12.1 Å². The van der Waals surface area contributed by atoms with Gasteiger partial charge in [0.25, 0.3) is 0 Å². The summed E-state index contributed by atoms with van der Waals surface area (Å²) in [5, 5.41) is 0.679. The summed E-state index contributed by atoms with van der Waals surface area (Å²) in [6.45, 7) is 0.733. The SMILES string of the molecule is COCC(N)C(=O)N(C)Cc1ccc(Cl)cc1.Cl. The minimum absolute atomic E-state index is 0. The van der Waals surface area contributed by atoms with Crippen LogP contribution < -0.4 is 5.73 Å². The van der Waals surface area contributed by atoms with E-state index in [2.05, 4.69) is 0 Å². The third kappa shape index (κ3) is 5.23. The average Bonchev–Trinajstić information content (AvgIpc) is 2.31. The zero-order valence-electron chi connectivity index (χ0n) is 10.4. The Kier molecular flexibility index (Phi) is 7.95. The average molecular weight is 293 g/mol. The molecule has 0 saturated carbocycles. The van der Waals surface area contributed by atoms with Crippen molar-refractivity contribution >= 4 is 29.9 Å². The van der Waals surface area contributed by atoms with Crippen LogP contribution in [0.2, 0.25) is 5.02 Å². The molecular weight excluding hydrogens is 275 g/mol. The Hall–Kier alpha value is -0.810. The van der Waals surface area contributed by atoms with E-state index in [-0.39, 0.29) is 24.9 Å². The van der Waals surface area contributed by atoms with E-state index in [1.54, 1.807) is 24.1 Å². The number of hydrogen-bond acceptors (Lipinski definition) is 3. The van der Waals surface area contributed by atoms with Crippen molar-refractivity contribution in [3.05, 3.63) is 34.9 Å². The van der Waals surface area contributed by atoms with Crippen LogP contribution in [0.25, 0.3) is 0 Å². The van der Waals surface area contributed by atoms with Crippen LogP contribution in [0.5, 0.6) is 0 Å². The summed E-state index contributed by atoms with van der Waals surface area (Å²) in [5.74, 6) is -0.137. The highest BCUT2D eigenvalue weighted by Gasteiger charge is 2.17. The summed E-state index contributed by atoms with van der Waals surface area (Å²) in [4.78, 5) is 13.4. The molecule has 1 rings (SSSR count). The number of amides is 1. The van der Waals surface area contributed by atoms with Gasteiger partial charge in [-0.05, 0) is 17.7 Å². The topological polar surface area (TPSA) is 55.6 Å². The summed E-state index contributed by atoms with van der Waals surface area (Å²) in [6.07, 6.45) is 0. The Morgan fingerprint density at radius 3 is 2.50 bits per heavy atom. The van der Waals surface area contributed by atoms with E-state index in [0.29, 0.717) is 11.6 Å². The number of benzene rings is 1. The Balaban J connectivity index is 0.00000289. The summed E-state index contributed by atoms with van der Waals surface area (Å²) in [7, 11) is 3.23. The summed E-state index contributed by atoms with van der Waals surface area (Å²) in [6, 6.07) is 6.74. The van der Waals surface area contributed by atoms with Gasteiger partial charge in [-0.25, -0.2) is 0 Å². The number of carbonyl (C=O) groups excluding carboxylic acids is 1. The smallest absolute Gasteiger partial charge is 0.241 e. The second-order valence-electron chi connectivity index (χ2n) is 3.88. The van der Waals surface area contributed by atoms with Gasteiger partial charge in [0.05, 0.1) is 6.61 Å². The maximum atomic E-state index is 11.8. The third-order valence-electron chi connectivity index (χ3n) is 2.37. The molecule has 0 bridgehead atoms. The number of rotatable bonds is 5. The largest absolute Gasteiger partial charge is 0.383 e. The Morgan fingerprint density at radius 2 is 2.00 bits per heavy atom. The van der Waals surface area contributed by atoms with Crippen molar-refractivity contribution in [2.75, 3.05) is 20.8 Å². The molecule has 2 N–H and O–H groups in total. The molecule has 0 radical (unpaired) electrons. The molecule has 0 aliphatic heterocycles. The van der Waals surface area contributed by atoms with Gasteiger partial charge in [-0.15, -0.1) is 12.4 Å². The van der Waals surface area contributed by atoms with Crippen LogP contribution in [0.4, 0.5) is 0 Å². The first-order chi connectivity index (χ1) is 8.04. The van der Waals surface area contributed by atoms with Gasteiger partial charge in [0.2, 0.25) is 5.91 Å². The number of likely N-dealkylation sites (N-methyl/N-ethyl adjacent to an activating group) is 1. The predicted octanol–water partition coefficient (Wildman–Crippen LogP) is 1.69. The van der Waals surface area contributed by atoms with E-state index in [1.165, 1.54) is 7.11 Å². The number of carbonyl (C=O) groups is 1. The molecule has 1 aromatic rings. The molecule has 1 amide bonds. The molecule has 18 heavy (non-hydrogen) atoms. The first-order valence-electron chi connectivity index (χ1n) is 5.28. The van der Waals surface area contributed by atoms with Gasteiger partial charge < -0.3 is 15.4 Å². The molecule has 0 fully saturated rings. The second kappa shape index (κ2) is 8.32. The number of halogens is 2. The predicted molar refractivity (Wildman–Crippen MR) is 75.0 cm³/mol. The summed E-state index contributed by atoms with van der Waals surface area (Å²) >= 11 is 5.79. The quantitative estimate of drug-likeness (QED) is 0.899. The summed E-state index contributed by atoms with van der Waals surface area (Å²) in [5.41, 5.74) is 6.68. The van der Waals surface area contributed by atoms with Crippen LogP contribution in [0.15, 0.2) is 24.3 Å². The van der Waals surface area contributed by atoms with E-state index in [9.17, 15) is 4.79 Å². The molecule has 4 nitrogen and oxygen atoms in total. The monoisotopic (exact) mass is 292 g/mol. The van der Waals surface area contributed by atoms with Gasteiger partial charge in [-0.2, -0.15) is 0 Å². The van der Waals surface area contributed by atoms with Crippen molar-refractivity contribution in [3.63, 3.8) is 0 Å². The Labute approximate surface area is 118 Å². The van der Waals surface area contributed by atoms with Crippen molar-refractivity contribution in [1.82, 2.24) is 4.90 Å². The molecule has 0 aliphatic rings. The van der Waals surface area contributed by atoms with Crippen molar-refractivity contribution in [3.8, 4) is 0 Å². The number of nitrogens with two attached hydrogens (primary N) is 1. The molecule has 0 heterocycles. The first-order valence-corrected chi connectivity index (χ1v) is 5.66. The van der Waals surface area contributed by atoms with E-state index in [4.69, 9.17) is 22.1 Å². The van der Waals surface area contributed by atoms with Crippen LogP contribution in [0.1, 0.15) is 5.56 Å². The fraction of sp³-hybridized carbons (Fsp3) is 0.417. The molecule has 0 aliphatic carbocycles. The van der Waals surface area contributed by atoms with Gasteiger partial charge in [0, 0.05) is 25.7 Å². The van der Waals surface area contributed by atoms with Crippen molar-refractivity contribution in [2.45, 2.75) is 12.6 Å². The second-order valence-corrected chi connectivity index (χ2v) is 4.32. The fourth-order valence-electron chi connectivity index (χ4n) is 1.48. The minimum Gasteiger partial charge on any atom is -0.383 e. The Morgan fingerprint density at radius 1 is 1.44 bits per heavy atom. The maximum Gasteiger partial charge on any atom is 0.241 e. The van der Waals surface area contributed by atoms with Crippen LogP contribution in [-0.4, -0.2) is 37.6 Å². The Bertz CT molecular complexity index is 371. The zero-order chi connectivity index (χ0) is 12.8. The van der Waals surface area contributed by atoms with E-state index >= 15 is 0 Å². The standard InChI is InChI=1S/C12H17ClN2O2.ClH/c1-15(12(16)11(14)8-17-2)7-9-3-5-10(13)6-4-9;/h3-6,11H,7-8,14H2,1-2H3;1H. The lowest BCUT2D eigenvalue weighted by Crippen LogP contribution is -2.44. The van der Waals surface area contributed by atoms with Crippen molar-refractivity contribution in [2.24, 2.45) is 5.73 Å². The fourth-order valence-corrected chi connectivity index (χ4v) is 1.60. The lowest BCUT2D eigenvalue weighted by atomic mass is 10.2.